The number of likely N-dealkylation sites (tertiary alicyclic amines) is 1. The number of sulfonamides is 1. The van der Waals surface area contributed by atoms with Gasteiger partial charge < -0.3 is 10.1 Å². The summed E-state index contributed by atoms with van der Waals surface area (Å²) < 4.78 is 28.0. The van der Waals surface area contributed by atoms with Crippen LogP contribution in [0.15, 0.2) is 29.2 Å². The summed E-state index contributed by atoms with van der Waals surface area (Å²) in [5.41, 5.74) is 0. The van der Waals surface area contributed by atoms with Crippen LogP contribution in [0.3, 0.4) is 0 Å². The number of carbonyl (C=O) groups is 1. The minimum atomic E-state index is -3.67. The highest BCUT2D eigenvalue weighted by Gasteiger charge is 2.20. The zero-order chi connectivity index (χ0) is 17.6. The number of nitrogens with one attached hydrogen (secondary N) is 1. The van der Waals surface area contributed by atoms with E-state index in [0.29, 0.717) is 18.8 Å². The molecular formula is C16H25N3O4S. The predicted octanol–water partition coefficient (Wildman–Crippen LogP) is 0.703. The second-order valence-corrected chi connectivity index (χ2v) is 7.49. The van der Waals surface area contributed by atoms with Gasteiger partial charge in [-0.25, -0.2) is 13.6 Å². The Balaban J connectivity index is 1.76. The molecule has 0 saturated carbocycles. The lowest BCUT2D eigenvalue weighted by Gasteiger charge is -2.33. The fourth-order valence-corrected chi connectivity index (χ4v) is 3.24. The monoisotopic (exact) mass is 355 g/mol. The Morgan fingerprint density at radius 3 is 2.71 bits per heavy atom. The van der Waals surface area contributed by atoms with Crippen molar-refractivity contribution in [3.05, 3.63) is 24.3 Å². The van der Waals surface area contributed by atoms with E-state index in [1.807, 2.05) is 6.92 Å². The normalized spacial score (nSPS) is 19.0. The molecule has 1 aromatic carbocycles. The highest BCUT2D eigenvalue weighted by molar-refractivity contribution is 7.89. The third-order valence-electron chi connectivity index (χ3n) is 4.02. The van der Waals surface area contributed by atoms with E-state index >= 15 is 0 Å². The lowest BCUT2D eigenvalue weighted by molar-refractivity contribution is -0.121. The van der Waals surface area contributed by atoms with E-state index in [4.69, 9.17) is 9.88 Å². The number of benzene rings is 1. The summed E-state index contributed by atoms with van der Waals surface area (Å²) in [6.45, 7) is 4.94. The van der Waals surface area contributed by atoms with Gasteiger partial charge in [-0.1, -0.05) is 6.92 Å². The fraction of sp³-hybridized carbons (Fsp3) is 0.562. The molecule has 1 aliphatic rings. The van der Waals surface area contributed by atoms with Gasteiger partial charge in [0.1, 0.15) is 12.4 Å². The summed E-state index contributed by atoms with van der Waals surface area (Å²) >= 11 is 0. The molecule has 134 valence electrons. The average Bonchev–Trinajstić information content (AvgIpc) is 2.55. The van der Waals surface area contributed by atoms with Crippen molar-refractivity contribution >= 4 is 15.9 Å². The van der Waals surface area contributed by atoms with E-state index in [0.717, 1.165) is 32.5 Å². The number of amides is 1. The van der Waals surface area contributed by atoms with Crippen LogP contribution in [0.5, 0.6) is 5.75 Å². The third-order valence-corrected chi connectivity index (χ3v) is 4.95. The minimum Gasteiger partial charge on any atom is -0.492 e. The van der Waals surface area contributed by atoms with Crippen molar-refractivity contribution in [2.45, 2.75) is 37.1 Å². The van der Waals surface area contributed by atoms with Gasteiger partial charge in [0, 0.05) is 25.6 Å². The van der Waals surface area contributed by atoms with Gasteiger partial charge in [-0.15, -0.1) is 0 Å². The predicted molar refractivity (Wildman–Crippen MR) is 91.2 cm³/mol. The number of carbonyl (C=O) groups excluding carboxylic acids is 1. The Kier molecular flexibility index (Phi) is 6.59. The van der Waals surface area contributed by atoms with Gasteiger partial charge in [0.05, 0.1) is 4.90 Å². The van der Waals surface area contributed by atoms with Crippen LogP contribution in [-0.4, -0.2) is 51.5 Å². The van der Waals surface area contributed by atoms with Crippen LogP contribution in [0.2, 0.25) is 0 Å². The molecule has 1 aromatic rings. The molecule has 1 aliphatic heterocycles. The molecule has 1 unspecified atom stereocenters. The molecule has 1 saturated heterocycles. The van der Waals surface area contributed by atoms with E-state index in [1.54, 1.807) is 12.1 Å². The van der Waals surface area contributed by atoms with Crippen LogP contribution in [0.4, 0.5) is 0 Å². The quantitative estimate of drug-likeness (QED) is 0.750. The zero-order valence-electron chi connectivity index (χ0n) is 13.9. The van der Waals surface area contributed by atoms with Gasteiger partial charge in [0.15, 0.2) is 0 Å². The van der Waals surface area contributed by atoms with Gasteiger partial charge in [-0.3, -0.25) is 9.69 Å². The van der Waals surface area contributed by atoms with E-state index in [-0.39, 0.29) is 16.8 Å². The molecule has 7 nitrogen and oxygen atoms in total. The summed E-state index contributed by atoms with van der Waals surface area (Å²) in [6, 6.07) is 6.27. The number of nitrogens with zero attached hydrogens (tertiary/aromatic N) is 1. The van der Waals surface area contributed by atoms with Crippen LogP contribution < -0.4 is 15.2 Å². The maximum absolute atomic E-state index is 11.5. The molecule has 3 N–H and O–H groups in total. The Bertz CT molecular complexity index is 646. The van der Waals surface area contributed by atoms with Crippen molar-refractivity contribution < 1.29 is 17.9 Å². The van der Waals surface area contributed by atoms with Crippen LogP contribution in [0.25, 0.3) is 0 Å². The molecule has 1 heterocycles. The summed E-state index contributed by atoms with van der Waals surface area (Å²) in [5.74, 6) is 0.697. The summed E-state index contributed by atoms with van der Waals surface area (Å²) in [5, 5.41) is 8.09. The molecule has 0 aromatic heterocycles. The molecule has 24 heavy (non-hydrogen) atoms. The summed E-state index contributed by atoms with van der Waals surface area (Å²) in [7, 11) is -3.67. The highest BCUT2D eigenvalue weighted by Crippen LogP contribution is 2.15. The third kappa shape index (κ3) is 5.77. The van der Waals surface area contributed by atoms with Gasteiger partial charge >= 0.3 is 0 Å². The Labute approximate surface area is 143 Å². The topological polar surface area (TPSA) is 102 Å². The largest absolute Gasteiger partial charge is 0.492 e. The first kappa shape index (κ1) is 18.7. The van der Waals surface area contributed by atoms with Gasteiger partial charge in [0.25, 0.3) is 0 Å². The van der Waals surface area contributed by atoms with E-state index in [2.05, 4.69) is 10.2 Å². The van der Waals surface area contributed by atoms with Gasteiger partial charge in [-0.2, -0.15) is 0 Å². The zero-order valence-corrected chi connectivity index (χ0v) is 14.7. The number of hydrogen-bond donors (Lipinski definition) is 2. The maximum atomic E-state index is 11.5. The summed E-state index contributed by atoms with van der Waals surface area (Å²) in [4.78, 5) is 13.8. The van der Waals surface area contributed by atoms with Crippen LogP contribution >= 0.6 is 0 Å². The number of hydrogen-bond acceptors (Lipinski definition) is 5. The SMILES string of the molecule is CCC(=O)NC1CCCN(CCOc2ccc(S(N)(=O)=O)cc2)C1. The molecule has 1 fully saturated rings. The number of rotatable bonds is 7. The van der Waals surface area contributed by atoms with Crippen molar-refractivity contribution in [2.24, 2.45) is 5.14 Å². The molecule has 0 bridgehead atoms. The molecule has 8 heteroatoms. The minimum absolute atomic E-state index is 0.0698. The molecule has 1 atom stereocenters. The second kappa shape index (κ2) is 8.46. The van der Waals surface area contributed by atoms with Gasteiger partial charge in [0.2, 0.25) is 15.9 Å². The highest BCUT2D eigenvalue weighted by atomic mass is 32.2. The number of piperidine rings is 1. The molecule has 0 radical (unpaired) electrons. The van der Waals surface area contributed by atoms with Crippen molar-refractivity contribution in [1.29, 1.82) is 0 Å². The summed E-state index contributed by atoms with van der Waals surface area (Å²) in [6.07, 6.45) is 2.57. The smallest absolute Gasteiger partial charge is 0.238 e. The number of nitrogens with two attached hydrogens (primary N) is 1. The van der Waals surface area contributed by atoms with E-state index in [1.165, 1.54) is 12.1 Å². The number of primary sulfonamides is 1. The van der Waals surface area contributed by atoms with Crippen molar-refractivity contribution in [3.63, 3.8) is 0 Å². The molecule has 0 spiro atoms. The molecule has 0 aliphatic carbocycles. The lowest BCUT2D eigenvalue weighted by Crippen LogP contribution is -2.48. The fourth-order valence-electron chi connectivity index (χ4n) is 2.72. The van der Waals surface area contributed by atoms with E-state index < -0.39 is 10.0 Å². The van der Waals surface area contributed by atoms with Crippen molar-refractivity contribution in [2.75, 3.05) is 26.2 Å². The Morgan fingerprint density at radius 1 is 1.38 bits per heavy atom. The Morgan fingerprint density at radius 2 is 2.08 bits per heavy atom. The molecular weight excluding hydrogens is 330 g/mol. The van der Waals surface area contributed by atoms with Crippen molar-refractivity contribution in [1.82, 2.24) is 10.2 Å². The number of ether oxygens (including phenoxy) is 1. The van der Waals surface area contributed by atoms with E-state index in [9.17, 15) is 13.2 Å². The first-order chi connectivity index (χ1) is 11.4. The first-order valence-electron chi connectivity index (χ1n) is 8.16. The first-order valence-corrected chi connectivity index (χ1v) is 9.70. The van der Waals surface area contributed by atoms with Crippen LogP contribution in [-0.2, 0) is 14.8 Å². The van der Waals surface area contributed by atoms with Gasteiger partial charge in [-0.05, 0) is 43.7 Å². The molecule has 2 rings (SSSR count). The molecule has 1 amide bonds. The average molecular weight is 355 g/mol. The second-order valence-electron chi connectivity index (χ2n) is 5.93. The lowest BCUT2D eigenvalue weighted by atomic mass is 10.1. The van der Waals surface area contributed by atoms with Crippen LogP contribution in [0.1, 0.15) is 26.2 Å². The Hall–Kier alpha value is -1.64. The van der Waals surface area contributed by atoms with Crippen LogP contribution in [0, 0.1) is 0 Å². The maximum Gasteiger partial charge on any atom is 0.238 e. The standard InChI is InChI=1S/C16H25N3O4S/c1-2-16(20)18-13-4-3-9-19(12-13)10-11-23-14-5-7-15(8-6-14)24(17,21)22/h5-8,13H,2-4,9-12H2,1H3,(H,18,20)(H2,17,21,22). The van der Waals surface area contributed by atoms with Crippen molar-refractivity contribution in [3.8, 4) is 5.75 Å².